The first-order valence-corrected chi connectivity index (χ1v) is 40.1. The van der Waals surface area contributed by atoms with Crippen LogP contribution in [-0.4, -0.2) is 209 Å². The fraction of sp³-hybridized carbons (Fsp3) is 0.376. The van der Waals surface area contributed by atoms with Crippen LogP contribution >= 0.6 is 23.2 Å². The maximum atomic E-state index is 16.3. The molecule has 2 saturated heterocycles. The number of aromatic hydroxyl groups is 3. The molecule has 21 N–H and O–H groups in total. The lowest BCUT2D eigenvalue weighted by Gasteiger charge is -2.48. The first-order chi connectivity index (χ1) is 58.2. The summed E-state index contributed by atoms with van der Waals surface area (Å²) in [6, 6.07) is 19.0. The van der Waals surface area contributed by atoms with Crippen LogP contribution in [0.5, 0.6) is 46.0 Å². The molecule has 646 valence electrons. The number of rotatable bonds is 21. The van der Waals surface area contributed by atoms with Crippen molar-refractivity contribution in [1.29, 1.82) is 0 Å². The van der Waals surface area contributed by atoms with Crippen molar-refractivity contribution in [2.24, 2.45) is 11.7 Å². The second-order valence-corrected chi connectivity index (χ2v) is 31.9. The second-order valence-electron chi connectivity index (χ2n) is 31.1. The second kappa shape index (κ2) is 37.4. The molecule has 7 aromatic carbocycles. The number of carboxylic acids is 1. The van der Waals surface area contributed by atoms with Crippen molar-refractivity contribution in [3.8, 4) is 68.4 Å². The van der Waals surface area contributed by atoms with Crippen molar-refractivity contribution in [3.63, 3.8) is 0 Å². The number of halogens is 2. The molecule has 0 saturated carbocycles. The van der Waals surface area contributed by atoms with E-state index in [0.717, 1.165) is 94.6 Å². The van der Waals surface area contributed by atoms with Crippen molar-refractivity contribution < 1.29 is 118 Å². The molecule has 8 aromatic rings. The highest BCUT2D eigenvalue weighted by Gasteiger charge is 2.52. The van der Waals surface area contributed by atoms with E-state index in [2.05, 4.69) is 47.9 Å². The predicted molar refractivity (Wildman–Crippen MR) is 438 cm³/mol. The number of hydrogen-bond donors (Lipinski definition) is 20. The van der Waals surface area contributed by atoms with E-state index in [1.54, 1.807) is 13.8 Å². The van der Waals surface area contributed by atoms with E-state index < -0.39 is 237 Å². The standard InChI is InChI=1S/C85H93Cl2N11O24/c1-37(2)25-53(89-5)77(109)97-68-70(104)41-18-21-57(48(86)27-41)118-59-29-43-30-60(74(59)122-84-75(73(107)72(106)61(36-99)120-84)121-63-35-85(4,76(108)38(3)117-63)91-24-12-11-23-90-52-33-51(39-13-7-6-8-14-39)92-50-16-10-9-15-45(50)52)119-58-22-19-42(28-49(58)87)71(105)69-82(114)96-67(83(115)116)47-31-44(100)32-56(102)64(47)46-26-40(17-20-55(46)101)65(79(111)98-69)95-80(112)66(43)94-78(110)54(34-62(88)103)93-81(68)113/h6-10,13-22,26-33,37-38,53-54,61,63,65-73,75-76,84,89,91,99-102,104-108H,11-12,23-25,34-36H2,1-5H3,(H2,88,103)(H,90,92)(H,93,113)(H,94,110)(H,95,112)(H,96,114)(H,97,109)(H,98,111)(H,115,116)/t38-,53+,54-,61+,63-,65+,66+,67-,68+,69-,70+,71+,72+,73-,75+,76+,84-,85-/m0/s1. The Morgan fingerprint density at radius 2 is 1.32 bits per heavy atom. The number of primary amides is 1. The maximum absolute atomic E-state index is 16.3. The number of likely N-dealkylation sites (N-methyl/N-ethyl adjacent to an activating group) is 1. The van der Waals surface area contributed by atoms with Crippen molar-refractivity contribution >= 4 is 87.1 Å². The molecule has 0 radical (unpaired) electrons. The van der Waals surface area contributed by atoms with Crippen LogP contribution in [0.1, 0.15) is 118 Å². The van der Waals surface area contributed by atoms with Gasteiger partial charge in [-0.15, -0.1) is 0 Å². The smallest absolute Gasteiger partial charge is 0.330 e. The van der Waals surface area contributed by atoms with E-state index in [4.69, 9.17) is 62.3 Å². The number of phenols is 3. The first kappa shape index (κ1) is 88.2. The van der Waals surface area contributed by atoms with Crippen molar-refractivity contribution in [1.82, 2.24) is 47.5 Å². The molecule has 0 spiro atoms. The van der Waals surface area contributed by atoms with Gasteiger partial charge in [-0.25, -0.2) is 9.78 Å². The number of aromatic nitrogens is 1. The fourth-order valence-electron chi connectivity index (χ4n) is 15.6. The number of unbranched alkanes of at least 4 members (excludes halogenated alkanes) is 1. The summed E-state index contributed by atoms with van der Waals surface area (Å²) in [5.41, 5.74) is 5.20. The normalized spacial score (nSPS) is 26.4. The zero-order valence-electron chi connectivity index (χ0n) is 66.3. The number of carboxylic acid groups (broad SMARTS) is 1. The molecule has 0 unspecified atom stereocenters. The third kappa shape index (κ3) is 19.2. The lowest BCUT2D eigenvalue weighted by Crippen LogP contribution is -2.65. The average molecular weight is 1720 g/mol. The topological polar surface area (TPSA) is 541 Å². The number of aliphatic hydroxyl groups excluding tert-OH is 6. The van der Waals surface area contributed by atoms with E-state index >= 15 is 14.4 Å². The summed E-state index contributed by atoms with van der Waals surface area (Å²) < 4.78 is 39.6. The molecule has 7 aliphatic heterocycles. The summed E-state index contributed by atoms with van der Waals surface area (Å²) in [4.78, 5) is 123. The zero-order chi connectivity index (χ0) is 87.4. The number of fused-ring (bicyclic) bond motifs is 16. The van der Waals surface area contributed by atoms with E-state index in [-0.39, 0.29) is 46.2 Å². The summed E-state index contributed by atoms with van der Waals surface area (Å²) in [5.74, 6) is -16.0. The largest absolute Gasteiger partial charge is 0.508 e. The Balaban J connectivity index is 0.930. The highest BCUT2D eigenvalue weighted by atomic mass is 35.5. The van der Waals surface area contributed by atoms with Crippen molar-refractivity contribution in [3.05, 3.63) is 177 Å². The lowest BCUT2D eigenvalue weighted by molar-refractivity contribution is -0.334. The minimum atomic E-state index is -2.36. The minimum absolute atomic E-state index is 0.107. The fourth-order valence-corrected chi connectivity index (χ4v) is 16.0. The van der Waals surface area contributed by atoms with Gasteiger partial charge in [0.05, 0.1) is 52.5 Å². The summed E-state index contributed by atoms with van der Waals surface area (Å²) >= 11 is 14.3. The molecule has 35 nitrogen and oxygen atoms in total. The number of carbonyl (C=O) groups excluding carboxylic acids is 7. The van der Waals surface area contributed by atoms with Gasteiger partial charge < -0.3 is 133 Å². The van der Waals surface area contributed by atoms with Gasteiger partial charge in [-0.05, 0) is 142 Å². The molecule has 2 fully saturated rings. The number of ether oxygens (including phenoxy) is 6. The Hall–Kier alpha value is -11.6. The number of nitrogens with two attached hydrogens (primary N) is 1. The first-order valence-electron chi connectivity index (χ1n) is 39.3. The number of pyridine rings is 1. The predicted octanol–water partition coefficient (Wildman–Crippen LogP) is 4.84. The van der Waals surface area contributed by atoms with Crippen LogP contribution in [0.2, 0.25) is 10.0 Å². The number of hydrogen-bond acceptors (Lipinski definition) is 27. The molecule has 18 atom stereocenters. The van der Waals surface area contributed by atoms with E-state index in [1.807, 2.05) is 74.5 Å². The molecule has 7 amide bonds. The number of nitrogens with one attached hydrogen (secondary N) is 9. The van der Waals surface area contributed by atoms with E-state index in [1.165, 1.54) is 19.2 Å². The Kier molecular flexibility index (Phi) is 27.1. The van der Waals surface area contributed by atoms with Crippen LogP contribution in [0.25, 0.3) is 33.3 Å². The molecule has 8 heterocycles. The quantitative estimate of drug-likeness (QED) is 0.0428. The number of aliphatic hydroxyl groups is 6. The third-order valence-corrected chi connectivity index (χ3v) is 22.6. The number of para-hydroxylation sites is 1. The van der Waals surface area contributed by atoms with Gasteiger partial charge in [0.1, 0.15) is 89.5 Å². The lowest BCUT2D eigenvalue weighted by atomic mass is 9.85. The highest BCUT2D eigenvalue weighted by Crippen LogP contribution is 2.50. The Morgan fingerprint density at radius 1 is 0.680 bits per heavy atom. The third-order valence-electron chi connectivity index (χ3n) is 22.0. The molecule has 7 aliphatic rings. The van der Waals surface area contributed by atoms with E-state index in [0.29, 0.717) is 25.9 Å². The maximum Gasteiger partial charge on any atom is 0.330 e. The van der Waals surface area contributed by atoms with Crippen LogP contribution in [0.3, 0.4) is 0 Å². The van der Waals surface area contributed by atoms with Crippen LogP contribution in [-0.2, 0) is 52.6 Å². The molecule has 37 heteroatoms. The van der Waals surface area contributed by atoms with Gasteiger partial charge in [0.25, 0.3) is 0 Å². The van der Waals surface area contributed by atoms with E-state index in [9.17, 15) is 75.0 Å². The van der Waals surface area contributed by atoms with Crippen LogP contribution in [0, 0.1) is 5.92 Å². The van der Waals surface area contributed by atoms with Gasteiger partial charge in [-0.2, -0.15) is 0 Å². The molecule has 122 heavy (non-hydrogen) atoms. The monoisotopic (exact) mass is 1720 g/mol. The van der Waals surface area contributed by atoms with Gasteiger partial charge in [-0.1, -0.05) is 104 Å². The average Bonchev–Trinajstić information content (AvgIpc) is 0.768. The molecule has 1 aromatic heterocycles. The van der Waals surface area contributed by atoms with Gasteiger partial charge in [0.2, 0.25) is 53.4 Å². The summed E-state index contributed by atoms with van der Waals surface area (Å²) in [6.45, 7) is 6.92. The summed E-state index contributed by atoms with van der Waals surface area (Å²) in [5, 5.41) is 142. The van der Waals surface area contributed by atoms with Gasteiger partial charge in [0, 0.05) is 57.9 Å². The van der Waals surface area contributed by atoms with Crippen molar-refractivity contribution in [2.45, 2.75) is 169 Å². The number of aliphatic carboxylic acids is 1. The Labute approximate surface area is 707 Å². The van der Waals surface area contributed by atoms with Gasteiger partial charge in [0.15, 0.2) is 29.9 Å². The molecule has 0 aliphatic carbocycles. The zero-order valence-corrected chi connectivity index (χ0v) is 67.8. The van der Waals surface area contributed by atoms with Gasteiger partial charge >= 0.3 is 5.97 Å². The summed E-state index contributed by atoms with van der Waals surface area (Å²) in [7, 11) is 1.48. The van der Waals surface area contributed by atoms with Gasteiger partial charge in [-0.3, -0.25) is 33.6 Å². The van der Waals surface area contributed by atoms with Crippen molar-refractivity contribution in [2.75, 3.05) is 32.1 Å². The molecular weight excluding hydrogens is 1630 g/mol. The molecule has 15 rings (SSSR count). The number of phenolic OH excluding ortho intramolecular Hbond substituents is 3. The van der Waals surface area contributed by atoms with Crippen LogP contribution < -0.4 is 67.8 Å². The molecule has 11 bridgehead atoms. The Morgan fingerprint density at radius 3 is 1.98 bits per heavy atom. The van der Waals surface area contributed by atoms with Crippen LogP contribution in [0.15, 0.2) is 140 Å². The number of amides is 7. The minimum Gasteiger partial charge on any atom is -0.508 e. The number of nitrogens with zero attached hydrogens (tertiary/aromatic N) is 1. The molecular formula is C85H93Cl2N11O24. The highest BCUT2D eigenvalue weighted by molar-refractivity contribution is 6.32. The number of benzene rings is 7. The Bertz CT molecular complexity index is 5310. The number of anilines is 1. The van der Waals surface area contributed by atoms with Crippen LogP contribution in [0.4, 0.5) is 5.69 Å². The number of carbonyl (C=O) groups is 8. The SMILES string of the molecule is CN[C@H](CC(C)C)C(=O)N[C@H]1C(=O)N[C@@H](CC(N)=O)C(=O)N[C@H]2C(=O)N[C@H]3C(=O)N[C@H](C(=O)N[C@H](C(=O)O)c4cc(O)cc(O)c4-c4cc3ccc4O)[C@H](O)c3ccc(c(Cl)c3)Oc3cc2cc(c3O[C@@H]2O[C@H](CO)[C@@H](O)[C@H](O)[C@H]2O[C@H]2C[C@](C)(NCCCCNc3cc(-c4ccccc4)nc4ccccc34)[C@H](O)[C@H](C)O2)Oc2ccc(cc2Cl)[C@H]1O. The summed E-state index contributed by atoms with van der Waals surface area (Å²) in [6.07, 6.45) is -17.3.